The average molecular weight is 465 g/mol. The van der Waals surface area contributed by atoms with Crippen LogP contribution in [0.3, 0.4) is 0 Å². The Labute approximate surface area is 196 Å². The van der Waals surface area contributed by atoms with Gasteiger partial charge in [-0.25, -0.2) is 9.59 Å². The van der Waals surface area contributed by atoms with Crippen molar-refractivity contribution in [1.82, 2.24) is 10.6 Å². The minimum absolute atomic E-state index is 0.0448. The van der Waals surface area contributed by atoms with Crippen LogP contribution in [0.1, 0.15) is 89.5 Å². The molecule has 0 aromatic heterocycles. The van der Waals surface area contributed by atoms with E-state index in [1.165, 1.54) is 0 Å². The Hall–Kier alpha value is -1.15. The highest BCUT2D eigenvalue weighted by molar-refractivity contribution is 7.79. The van der Waals surface area contributed by atoms with Crippen LogP contribution in [-0.4, -0.2) is 53.4 Å². The lowest BCUT2D eigenvalue weighted by molar-refractivity contribution is -0.0542. The molecule has 0 rings (SSSR count). The van der Waals surface area contributed by atoms with Crippen molar-refractivity contribution in [3.63, 3.8) is 0 Å². The quantitative estimate of drug-likeness (QED) is 0.409. The molecule has 0 aromatic rings. The van der Waals surface area contributed by atoms with Crippen LogP contribution in [-0.2, 0) is 14.2 Å². The number of carbonyl (C=O) groups excluding carboxylic acids is 2. The highest BCUT2D eigenvalue weighted by Gasteiger charge is 2.32. The maximum absolute atomic E-state index is 12.1. The SMILES string of the molecule is CC(CC(C)(C)OCC(C)C(C)(C)NC(=O)OC(C)(C)C)NC(=O)OC(C)(C)C.CS. The van der Waals surface area contributed by atoms with Gasteiger partial charge in [-0.05, 0) is 88.8 Å². The van der Waals surface area contributed by atoms with Gasteiger partial charge in [0.1, 0.15) is 11.2 Å². The van der Waals surface area contributed by atoms with Gasteiger partial charge in [0, 0.05) is 17.5 Å². The molecule has 7 nitrogen and oxygen atoms in total. The number of hydrogen-bond acceptors (Lipinski definition) is 6. The predicted octanol–water partition coefficient (Wildman–Crippen LogP) is 5.57. The van der Waals surface area contributed by atoms with Crippen LogP contribution in [0.2, 0.25) is 0 Å². The van der Waals surface area contributed by atoms with E-state index < -0.39 is 34.5 Å². The molecule has 0 saturated heterocycles. The number of hydrogen-bond donors (Lipinski definition) is 3. The lowest BCUT2D eigenvalue weighted by Crippen LogP contribution is -2.51. The number of alkyl carbamates (subject to hydrolysis) is 2. The van der Waals surface area contributed by atoms with Gasteiger partial charge in [-0.3, -0.25) is 0 Å². The van der Waals surface area contributed by atoms with E-state index in [1.54, 1.807) is 6.26 Å². The fourth-order valence-electron chi connectivity index (χ4n) is 2.60. The molecule has 8 heteroatoms. The zero-order chi connectivity index (χ0) is 25.3. The van der Waals surface area contributed by atoms with Crippen molar-refractivity contribution in [3.05, 3.63) is 0 Å². The second kappa shape index (κ2) is 12.8. The molecule has 0 saturated carbocycles. The van der Waals surface area contributed by atoms with Crippen LogP contribution in [0.15, 0.2) is 0 Å². The maximum atomic E-state index is 12.1. The van der Waals surface area contributed by atoms with E-state index in [0.29, 0.717) is 13.0 Å². The molecule has 0 aromatic carbocycles. The smallest absolute Gasteiger partial charge is 0.408 e. The van der Waals surface area contributed by atoms with Gasteiger partial charge < -0.3 is 24.8 Å². The van der Waals surface area contributed by atoms with Gasteiger partial charge in [0.25, 0.3) is 0 Å². The number of nitrogens with one attached hydrogen (secondary N) is 2. The van der Waals surface area contributed by atoms with Gasteiger partial charge in [0.2, 0.25) is 0 Å². The molecule has 0 radical (unpaired) electrons. The fraction of sp³-hybridized carbons (Fsp3) is 0.913. The Balaban J connectivity index is 0. The second-order valence-corrected chi connectivity index (χ2v) is 11.1. The Morgan fingerprint density at radius 2 is 1.23 bits per heavy atom. The Bertz CT molecular complexity index is 551. The summed E-state index contributed by atoms with van der Waals surface area (Å²) in [6.45, 7) is 23.3. The minimum atomic E-state index is -0.542. The van der Waals surface area contributed by atoms with Crippen LogP contribution in [0.5, 0.6) is 0 Å². The van der Waals surface area contributed by atoms with Crippen molar-refractivity contribution in [3.8, 4) is 0 Å². The Morgan fingerprint density at radius 3 is 1.65 bits per heavy atom. The second-order valence-electron chi connectivity index (χ2n) is 11.1. The molecule has 2 unspecified atom stereocenters. The topological polar surface area (TPSA) is 85.9 Å². The van der Waals surface area contributed by atoms with E-state index in [0.717, 1.165) is 0 Å². The summed E-state index contributed by atoms with van der Waals surface area (Å²) < 4.78 is 16.8. The normalized spacial score (nSPS) is 14.5. The van der Waals surface area contributed by atoms with Crippen molar-refractivity contribution < 1.29 is 23.8 Å². The molecule has 0 aliphatic heterocycles. The van der Waals surface area contributed by atoms with E-state index in [1.807, 2.05) is 83.1 Å². The van der Waals surface area contributed by atoms with Crippen LogP contribution < -0.4 is 10.6 Å². The molecule has 31 heavy (non-hydrogen) atoms. The third-order valence-corrected chi connectivity index (χ3v) is 4.34. The summed E-state index contributed by atoms with van der Waals surface area (Å²) in [6, 6.07) is -0.108. The first-order chi connectivity index (χ1) is 13.7. The highest BCUT2D eigenvalue weighted by Crippen LogP contribution is 2.23. The van der Waals surface area contributed by atoms with Gasteiger partial charge in [-0.1, -0.05) is 6.92 Å². The van der Waals surface area contributed by atoms with Crippen molar-refractivity contribution in [1.29, 1.82) is 0 Å². The van der Waals surface area contributed by atoms with Gasteiger partial charge in [-0.15, -0.1) is 0 Å². The molecule has 2 N–H and O–H groups in total. The Kier molecular flexibility index (Phi) is 13.2. The van der Waals surface area contributed by atoms with Crippen LogP contribution in [0.25, 0.3) is 0 Å². The van der Waals surface area contributed by atoms with E-state index >= 15 is 0 Å². The molecular weight excluding hydrogens is 416 g/mol. The maximum Gasteiger partial charge on any atom is 0.408 e. The lowest BCUT2D eigenvalue weighted by Gasteiger charge is -2.36. The largest absolute Gasteiger partial charge is 0.444 e. The summed E-state index contributed by atoms with van der Waals surface area (Å²) in [5.41, 5.74) is -2.03. The first kappa shape index (κ1) is 32.0. The first-order valence-electron chi connectivity index (χ1n) is 10.8. The molecule has 0 bridgehead atoms. The van der Waals surface area contributed by atoms with Gasteiger partial charge >= 0.3 is 12.2 Å². The van der Waals surface area contributed by atoms with Gasteiger partial charge in [0.05, 0.1) is 12.2 Å². The predicted molar refractivity (Wildman–Crippen MR) is 131 cm³/mol. The number of thiol groups is 1. The summed E-state index contributed by atoms with van der Waals surface area (Å²) >= 11 is 3.53. The summed E-state index contributed by atoms with van der Waals surface area (Å²) in [6.07, 6.45) is 1.44. The summed E-state index contributed by atoms with van der Waals surface area (Å²) in [5.74, 6) is 0.0448. The molecule has 2 atom stereocenters. The Morgan fingerprint density at radius 1 is 0.806 bits per heavy atom. The van der Waals surface area contributed by atoms with E-state index in [4.69, 9.17) is 14.2 Å². The number of rotatable bonds is 8. The van der Waals surface area contributed by atoms with E-state index in [-0.39, 0.29) is 12.0 Å². The monoisotopic (exact) mass is 464 g/mol. The van der Waals surface area contributed by atoms with Crippen LogP contribution in [0, 0.1) is 5.92 Å². The molecule has 2 amide bonds. The van der Waals surface area contributed by atoms with Crippen molar-refractivity contribution in [2.24, 2.45) is 5.92 Å². The van der Waals surface area contributed by atoms with Gasteiger partial charge in [-0.2, -0.15) is 12.6 Å². The standard InChI is InChI=1S/C22H44N2O5.CH4S/c1-15(22(11,12)24-18(26)29-20(6,7)8)14-27-21(9,10)13-16(2)23-17(25)28-19(3,4)5;1-2/h15-16H,13-14H2,1-12H3,(H,23,25)(H,24,26);2H,1H3. The molecular formula is C23H48N2O5S. The van der Waals surface area contributed by atoms with Crippen LogP contribution >= 0.6 is 12.6 Å². The molecule has 0 aliphatic rings. The van der Waals surface area contributed by atoms with Crippen molar-refractivity contribution in [2.75, 3.05) is 12.9 Å². The zero-order valence-corrected chi connectivity index (χ0v) is 23.0. The van der Waals surface area contributed by atoms with E-state index in [2.05, 4.69) is 23.3 Å². The van der Waals surface area contributed by atoms with Crippen molar-refractivity contribution in [2.45, 2.75) is 118 Å². The first-order valence-corrected chi connectivity index (χ1v) is 11.7. The number of ether oxygens (including phenoxy) is 3. The summed E-state index contributed by atoms with van der Waals surface area (Å²) in [7, 11) is 0. The summed E-state index contributed by atoms with van der Waals surface area (Å²) in [5, 5.41) is 5.77. The lowest BCUT2D eigenvalue weighted by atomic mass is 9.89. The van der Waals surface area contributed by atoms with Crippen molar-refractivity contribution >= 4 is 24.8 Å². The molecule has 186 valence electrons. The molecule has 0 heterocycles. The fourth-order valence-corrected chi connectivity index (χ4v) is 2.60. The molecule has 0 aliphatic carbocycles. The van der Waals surface area contributed by atoms with E-state index in [9.17, 15) is 9.59 Å². The number of carbonyl (C=O) groups is 2. The third kappa shape index (κ3) is 17.1. The average Bonchev–Trinajstić information content (AvgIpc) is 2.49. The zero-order valence-electron chi connectivity index (χ0n) is 22.1. The summed E-state index contributed by atoms with van der Waals surface area (Å²) in [4.78, 5) is 24.0. The minimum Gasteiger partial charge on any atom is -0.444 e. The van der Waals surface area contributed by atoms with Gasteiger partial charge in [0.15, 0.2) is 0 Å². The molecule has 0 spiro atoms. The van der Waals surface area contributed by atoms with Crippen LogP contribution in [0.4, 0.5) is 9.59 Å². The number of amides is 2. The third-order valence-electron chi connectivity index (χ3n) is 4.34. The highest BCUT2D eigenvalue weighted by atomic mass is 32.1. The molecule has 0 fully saturated rings.